The summed E-state index contributed by atoms with van der Waals surface area (Å²) in [4.78, 5) is 2.85. The molecule has 5 heteroatoms. The topological polar surface area (TPSA) is 29.3 Å². The summed E-state index contributed by atoms with van der Waals surface area (Å²) in [6, 6.07) is 5.14. The Morgan fingerprint density at radius 2 is 2.22 bits per heavy atom. The smallest absolute Gasteiger partial charge is 0.124 e. The molecule has 98 valence electrons. The molecule has 0 atom stereocenters. The second-order valence-corrected chi connectivity index (χ2v) is 5.59. The van der Waals surface area contributed by atoms with E-state index in [-0.39, 0.29) is 5.82 Å². The number of hydrogen-bond donors (Lipinski definition) is 1. The third-order valence-electron chi connectivity index (χ3n) is 3.10. The Bertz CT molecular complexity index is 449. The summed E-state index contributed by atoms with van der Waals surface area (Å²) in [5.74, 6) is -0.301. The molecule has 2 rings (SSSR count). The van der Waals surface area contributed by atoms with E-state index in [4.69, 9.17) is 29.6 Å². The fourth-order valence-corrected chi connectivity index (χ4v) is 2.27. The molecule has 1 aliphatic rings. The van der Waals surface area contributed by atoms with Crippen molar-refractivity contribution in [2.24, 2.45) is 5.73 Å². The first-order chi connectivity index (χ1) is 8.56. The second-order valence-electron chi connectivity index (χ2n) is 4.65. The van der Waals surface area contributed by atoms with Crippen LogP contribution >= 0.6 is 23.8 Å². The predicted molar refractivity (Wildman–Crippen MR) is 76.2 cm³/mol. The summed E-state index contributed by atoms with van der Waals surface area (Å²) in [6.07, 6.45) is 3.12. The van der Waals surface area contributed by atoms with Crippen LogP contribution in [0.5, 0.6) is 0 Å². The van der Waals surface area contributed by atoms with Gasteiger partial charge in [0.2, 0.25) is 0 Å². The van der Waals surface area contributed by atoms with Gasteiger partial charge in [-0.3, -0.25) is 4.90 Å². The van der Waals surface area contributed by atoms with Crippen LogP contribution in [0.4, 0.5) is 4.39 Å². The van der Waals surface area contributed by atoms with Gasteiger partial charge in [0.05, 0.1) is 4.99 Å². The van der Waals surface area contributed by atoms with Crippen molar-refractivity contribution in [1.29, 1.82) is 0 Å². The number of benzene rings is 1. The van der Waals surface area contributed by atoms with Gasteiger partial charge in [-0.05, 0) is 30.5 Å². The van der Waals surface area contributed by atoms with Crippen molar-refractivity contribution < 1.29 is 4.39 Å². The van der Waals surface area contributed by atoms with E-state index in [9.17, 15) is 4.39 Å². The van der Waals surface area contributed by atoms with Gasteiger partial charge in [0, 0.05) is 30.6 Å². The molecule has 0 heterocycles. The van der Waals surface area contributed by atoms with Gasteiger partial charge >= 0.3 is 0 Å². The summed E-state index contributed by atoms with van der Waals surface area (Å²) < 4.78 is 13.0. The molecule has 2 nitrogen and oxygen atoms in total. The summed E-state index contributed by atoms with van der Waals surface area (Å²) in [6.45, 7) is 1.57. The molecule has 0 bridgehead atoms. The number of nitrogens with zero attached hydrogens (tertiary/aromatic N) is 1. The molecule has 0 saturated heterocycles. The zero-order valence-corrected chi connectivity index (χ0v) is 11.6. The fourth-order valence-electron chi connectivity index (χ4n) is 1.95. The van der Waals surface area contributed by atoms with E-state index in [1.165, 1.54) is 25.0 Å². The maximum atomic E-state index is 13.0. The number of halogens is 2. The molecule has 1 aromatic rings. The Morgan fingerprint density at radius 3 is 2.78 bits per heavy atom. The normalized spacial score (nSPS) is 15.1. The molecular formula is C13H16ClFN2S. The van der Waals surface area contributed by atoms with Crippen LogP contribution in [-0.4, -0.2) is 22.5 Å². The minimum absolute atomic E-state index is 0.301. The maximum Gasteiger partial charge on any atom is 0.124 e. The predicted octanol–water partition coefficient (Wildman–Crippen LogP) is 3.12. The average molecular weight is 287 g/mol. The number of rotatable bonds is 6. The van der Waals surface area contributed by atoms with Gasteiger partial charge in [-0.2, -0.15) is 0 Å². The summed E-state index contributed by atoms with van der Waals surface area (Å²) in [7, 11) is 0. The third kappa shape index (κ3) is 3.90. The molecule has 1 saturated carbocycles. The lowest BCUT2D eigenvalue weighted by atomic mass is 10.2. The highest BCUT2D eigenvalue weighted by atomic mass is 35.5. The van der Waals surface area contributed by atoms with Crippen LogP contribution in [0.1, 0.15) is 24.8 Å². The van der Waals surface area contributed by atoms with E-state index < -0.39 is 0 Å². The summed E-state index contributed by atoms with van der Waals surface area (Å²) >= 11 is 10.9. The van der Waals surface area contributed by atoms with Gasteiger partial charge in [0.15, 0.2) is 0 Å². The molecule has 1 fully saturated rings. The summed E-state index contributed by atoms with van der Waals surface area (Å²) in [5.41, 5.74) is 6.49. The lowest BCUT2D eigenvalue weighted by molar-refractivity contribution is 0.262. The monoisotopic (exact) mass is 286 g/mol. The molecule has 1 aromatic carbocycles. The summed E-state index contributed by atoms with van der Waals surface area (Å²) in [5, 5.41) is 0.482. The van der Waals surface area contributed by atoms with Crippen LogP contribution in [0.2, 0.25) is 5.02 Å². The fraction of sp³-hybridized carbons (Fsp3) is 0.462. The minimum atomic E-state index is -0.301. The highest BCUT2D eigenvalue weighted by molar-refractivity contribution is 7.80. The molecule has 1 aliphatic carbocycles. The van der Waals surface area contributed by atoms with Gasteiger partial charge in [0.25, 0.3) is 0 Å². The van der Waals surface area contributed by atoms with E-state index in [1.807, 2.05) is 0 Å². The molecule has 0 aromatic heterocycles. The van der Waals surface area contributed by atoms with E-state index in [1.54, 1.807) is 6.07 Å². The van der Waals surface area contributed by atoms with Crippen molar-refractivity contribution in [3.8, 4) is 0 Å². The zero-order chi connectivity index (χ0) is 13.1. The van der Waals surface area contributed by atoms with Crippen molar-refractivity contribution in [3.05, 3.63) is 34.6 Å². The molecule has 0 amide bonds. The zero-order valence-electron chi connectivity index (χ0n) is 10.0. The molecule has 2 N–H and O–H groups in total. The first-order valence-corrected chi connectivity index (χ1v) is 6.81. The van der Waals surface area contributed by atoms with Crippen LogP contribution < -0.4 is 5.73 Å². The molecule has 0 unspecified atom stereocenters. The molecular weight excluding hydrogens is 271 g/mol. The lowest BCUT2D eigenvalue weighted by Gasteiger charge is -2.22. The van der Waals surface area contributed by atoms with E-state index in [2.05, 4.69) is 4.90 Å². The maximum absolute atomic E-state index is 13.0. The van der Waals surface area contributed by atoms with Crippen LogP contribution in [-0.2, 0) is 6.54 Å². The van der Waals surface area contributed by atoms with E-state index in [0.717, 1.165) is 18.7 Å². The molecule has 0 aliphatic heterocycles. The Balaban J connectivity index is 2.01. The van der Waals surface area contributed by atoms with Crippen molar-refractivity contribution in [2.75, 3.05) is 6.54 Å². The van der Waals surface area contributed by atoms with Gasteiger partial charge in [0.1, 0.15) is 5.82 Å². The van der Waals surface area contributed by atoms with Gasteiger partial charge in [-0.15, -0.1) is 0 Å². The standard InChI is InChI=1S/C13H16ClFN2S/c14-12-7-10(15)2-1-9(12)8-17(11-3-4-11)6-5-13(16)18/h1-2,7,11H,3-6,8H2,(H2,16,18). The lowest BCUT2D eigenvalue weighted by Crippen LogP contribution is -2.29. The number of thiocarbonyl (C=S) groups is 1. The quantitative estimate of drug-likeness (QED) is 0.815. The SMILES string of the molecule is NC(=S)CCN(Cc1ccc(F)cc1Cl)C1CC1. The first-order valence-electron chi connectivity index (χ1n) is 6.02. The van der Waals surface area contributed by atoms with Gasteiger partial charge < -0.3 is 5.73 Å². The van der Waals surface area contributed by atoms with Crippen molar-refractivity contribution >= 4 is 28.8 Å². The highest BCUT2D eigenvalue weighted by Gasteiger charge is 2.29. The van der Waals surface area contributed by atoms with Gasteiger partial charge in [-0.1, -0.05) is 29.9 Å². The largest absolute Gasteiger partial charge is 0.393 e. The van der Waals surface area contributed by atoms with Crippen LogP contribution in [0.25, 0.3) is 0 Å². The van der Waals surface area contributed by atoms with E-state index in [0.29, 0.717) is 22.5 Å². The third-order valence-corrected chi connectivity index (χ3v) is 3.65. The van der Waals surface area contributed by atoms with Crippen molar-refractivity contribution in [2.45, 2.75) is 31.8 Å². The van der Waals surface area contributed by atoms with Crippen molar-refractivity contribution in [1.82, 2.24) is 4.90 Å². The van der Waals surface area contributed by atoms with Crippen LogP contribution in [0.3, 0.4) is 0 Å². The Morgan fingerprint density at radius 1 is 1.50 bits per heavy atom. The second kappa shape index (κ2) is 5.95. The van der Waals surface area contributed by atoms with Crippen molar-refractivity contribution in [3.63, 3.8) is 0 Å². The highest BCUT2D eigenvalue weighted by Crippen LogP contribution is 2.30. The molecule has 18 heavy (non-hydrogen) atoms. The minimum Gasteiger partial charge on any atom is -0.393 e. The number of nitrogens with two attached hydrogens (primary N) is 1. The Hall–Kier alpha value is -0.710. The van der Waals surface area contributed by atoms with E-state index >= 15 is 0 Å². The van der Waals surface area contributed by atoms with Crippen LogP contribution in [0.15, 0.2) is 18.2 Å². The Labute approximate surface area is 117 Å². The van der Waals surface area contributed by atoms with Gasteiger partial charge in [-0.25, -0.2) is 4.39 Å². The molecule has 0 spiro atoms. The van der Waals surface area contributed by atoms with Crippen LogP contribution in [0, 0.1) is 5.82 Å². The first kappa shape index (κ1) is 13.7. The molecule has 0 radical (unpaired) electrons. The number of hydrogen-bond acceptors (Lipinski definition) is 2. The average Bonchev–Trinajstić information content (AvgIpc) is 3.10. The Kier molecular flexibility index (Phi) is 4.54.